The highest BCUT2D eigenvalue weighted by Crippen LogP contribution is 2.39. The van der Waals surface area contributed by atoms with E-state index in [1.165, 1.54) is 0 Å². The first-order chi connectivity index (χ1) is 11.2. The molecule has 1 fully saturated rings. The molecule has 0 spiro atoms. The van der Waals surface area contributed by atoms with Crippen LogP contribution < -0.4 is 0 Å². The fraction of sp³-hybridized carbons (Fsp3) is 0.818. The largest absolute Gasteiger partial charge is 0.480 e. The molecule has 1 aliphatic carbocycles. The van der Waals surface area contributed by atoms with E-state index < -0.39 is 67.4 Å². The maximum atomic E-state index is 12.4. The lowest BCUT2D eigenvalue weighted by Crippen LogP contribution is -2.39. The molecule has 0 aliphatic heterocycles. The van der Waals surface area contributed by atoms with Gasteiger partial charge in [-0.15, -0.1) is 0 Å². The third kappa shape index (κ3) is 5.04. The van der Waals surface area contributed by atoms with Gasteiger partial charge < -0.3 is 13.6 Å². The lowest BCUT2D eigenvalue weighted by Gasteiger charge is -2.35. The molecule has 1 saturated carbocycles. The summed E-state index contributed by atoms with van der Waals surface area (Å²) in [5, 5.41) is -1.79. The zero-order chi connectivity index (χ0) is 19.6. The van der Waals surface area contributed by atoms with Gasteiger partial charge in [0.1, 0.15) is 0 Å². The predicted octanol–water partition coefficient (Wildman–Crippen LogP) is 0.670. The van der Waals surface area contributed by atoms with Gasteiger partial charge >= 0.3 is 17.4 Å². The van der Waals surface area contributed by atoms with Crippen molar-refractivity contribution in [1.29, 1.82) is 0 Å². The average molecular weight is 410 g/mol. The van der Waals surface area contributed by atoms with Gasteiger partial charge in [0.25, 0.3) is 0 Å². The fourth-order valence-electron chi connectivity index (χ4n) is 2.47. The Morgan fingerprint density at radius 2 is 1.32 bits per heavy atom. The maximum absolute atomic E-state index is 12.4. The van der Waals surface area contributed by atoms with Crippen molar-refractivity contribution in [2.45, 2.75) is 30.0 Å². The number of nitrogens with zero attached hydrogens (tertiary/aromatic N) is 1. The second-order valence-electron chi connectivity index (χ2n) is 5.28. The molecule has 9 nitrogen and oxygen atoms in total. The lowest BCUT2D eigenvalue weighted by molar-refractivity contribution is -0.151. The summed E-state index contributed by atoms with van der Waals surface area (Å²) in [7, 11) is -9.45. The molecule has 14 heteroatoms. The van der Waals surface area contributed by atoms with Crippen LogP contribution in [0, 0.1) is 11.8 Å². The van der Waals surface area contributed by atoms with Crippen LogP contribution in [-0.4, -0.2) is 53.8 Å². The Morgan fingerprint density at radius 1 is 0.920 bits per heavy atom. The molecule has 0 N–H and O–H groups in total. The first kappa shape index (κ1) is 21.6. The first-order valence-corrected chi connectivity index (χ1v) is 9.64. The van der Waals surface area contributed by atoms with Crippen LogP contribution in [0.15, 0.2) is 0 Å². The summed E-state index contributed by atoms with van der Waals surface area (Å²) in [6.45, 7) is 0. The molecule has 0 saturated heterocycles. The highest BCUT2D eigenvalue weighted by molar-refractivity contribution is 8.12. The molecule has 1 rings (SSSR count). The number of hydrogen-bond acceptors (Lipinski definition) is 8. The smallest absolute Gasteiger partial charge is 0.469 e. The zero-order valence-electron chi connectivity index (χ0n) is 13.0. The minimum atomic E-state index is -6.29. The Balaban J connectivity index is 3.15. The fourth-order valence-corrected chi connectivity index (χ4v) is 5.34. The van der Waals surface area contributed by atoms with E-state index in [1.54, 1.807) is 0 Å². The quantitative estimate of drug-likeness (QED) is 0.604. The van der Waals surface area contributed by atoms with Crippen LogP contribution in [0.3, 0.4) is 0 Å². The minimum absolute atomic E-state index is 0.141. The normalized spacial score (nSPS) is 25.2. The number of carbonyl (C=O) groups excluding carboxylic acids is 2. The summed E-state index contributed by atoms with van der Waals surface area (Å²) >= 11 is 0. The van der Waals surface area contributed by atoms with E-state index in [2.05, 4.69) is 9.47 Å². The molecule has 25 heavy (non-hydrogen) atoms. The van der Waals surface area contributed by atoms with Crippen LogP contribution in [0.2, 0.25) is 0 Å². The second-order valence-corrected chi connectivity index (χ2v) is 8.99. The van der Waals surface area contributed by atoms with Gasteiger partial charge in [-0.1, -0.05) is 0 Å². The van der Waals surface area contributed by atoms with Gasteiger partial charge in [-0.05, 0) is 19.3 Å². The molecule has 2 atom stereocenters. The van der Waals surface area contributed by atoms with E-state index in [0.717, 1.165) is 14.2 Å². The van der Waals surface area contributed by atoms with Crippen molar-refractivity contribution >= 4 is 32.0 Å². The Kier molecular flexibility index (Phi) is 6.45. The van der Waals surface area contributed by atoms with Gasteiger partial charge in [0.05, 0.1) is 36.1 Å². The van der Waals surface area contributed by atoms with Gasteiger partial charge in [0, 0.05) is 5.25 Å². The lowest BCUT2D eigenvalue weighted by atomic mass is 9.81. The SMILES string of the molecule is COC(=O)C1CC(C(=O)OC)CC(S(=O)(=O)[N-]S(=O)(=O)C(F)(F)F)C1. The number of halogens is 3. The molecule has 0 bridgehead atoms. The number of sulfonamides is 2. The van der Waals surface area contributed by atoms with E-state index in [1.807, 2.05) is 4.13 Å². The van der Waals surface area contributed by atoms with E-state index in [9.17, 15) is 39.6 Å². The van der Waals surface area contributed by atoms with Gasteiger partial charge in [-0.3, -0.25) is 9.59 Å². The molecule has 0 heterocycles. The summed E-state index contributed by atoms with van der Waals surface area (Å²) in [4.78, 5) is 23.3. The molecule has 0 aromatic rings. The second kappa shape index (κ2) is 7.45. The molecule has 146 valence electrons. The van der Waals surface area contributed by atoms with Gasteiger partial charge in [0.2, 0.25) is 0 Å². The number of hydrogen-bond donors (Lipinski definition) is 0. The van der Waals surface area contributed by atoms with E-state index >= 15 is 0 Å². The average Bonchev–Trinajstić information content (AvgIpc) is 2.50. The topological polar surface area (TPSA) is 135 Å². The molecule has 0 aromatic carbocycles. The standard InChI is InChI=1S/C11H15F3NO8S2/c1-22-9(16)6-3-7(10(17)23-2)5-8(4-6)24(18,19)15-25(20,21)11(12,13)14/h6-8H,3-5H2,1-2H3/q-1. The highest BCUT2D eigenvalue weighted by Gasteiger charge is 2.44. The van der Waals surface area contributed by atoms with Gasteiger partial charge in [-0.25, -0.2) is 16.8 Å². The summed E-state index contributed by atoms with van der Waals surface area (Å²) in [5.74, 6) is -4.03. The van der Waals surface area contributed by atoms with Crippen LogP contribution in [0.1, 0.15) is 19.3 Å². The number of rotatable bonds is 5. The third-order valence-corrected chi connectivity index (χ3v) is 7.08. The molecule has 2 unspecified atom stereocenters. The van der Waals surface area contributed by atoms with Crippen LogP contribution >= 0.6 is 0 Å². The molecule has 0 aromatic heterocycles. The molecule has 0 amide bonds. The Hall–Kier alpha value is -1.41. The first-order valence-electron chi connectivity index (χ1n) is 6.70. The molecular formula is C11H15F3NO8S2-. The van der Waals surface area contributed by atoms with Crippen molar-refractivity contribution in [3.05, 3.63) is 4.13 Å². The van der Waals surface area contributed by atoms with Crippen molar-refractivity contribution in [2.24, 2.45) is 11.8 Å². The van der Waals surface area contributed by atoms with Crippen molar-refractivity contribution in [3.63, 3.8) is 0 Å². The maximum Gasteiger partial charge on any atom is 0.480 e. The number of alkyl halides is 3. The van der Waals surface area contributed by atoms with Crippen molar-refractivity contribution in [2.75, 3.05) is 14.2 Å². The summed E-state index contributed by atoms with van der Waals surface area (Å²) in [6, 6.07) is 0. The third-order valence-electron chi connectivity index (χ3n) is 3.65. The predicted molar refractivity (Wildman–Crippen MR) is 75.9 cm³/mol. The number of ether oxygens (including phenoxy) is 2. The Bertz CT molecular complexity index is 707. The monoisotopic (exact) mass is 410 g/mol. The van der Waals surface area contributed by atoms with Crippen LogP contribution in [-0.2, 0) is 39.1 Å². The van der Waals surface area contributed by atoms with Crippen LogP contribution in [0.4, 0.5) is 13.2 Å². The minimum Gasteiger partial charge on any atom is -0.469 e. The summed E-state index contributed by atoms with van der Waals surface area (Å²) in [6.07, 6.45) is -1.20. The van der Waals surface area contributed by atoms with Crippen LogP contribution in [0.5, 0.6) is 0 Å². The Morgan fingerprint density at radius 3 is 1.64 bits per heavy atom. The van der Waals surface area contributed by atoms with Gasteiger partial charge in [-0.2, -0.15) is 13.2 Å². The number of esters is 2. The van der Waals surface area contributed by atoms with Crippen LogP contribution in [0.25, 0.3) is 4.13 Å². The van der Waals surface area contributed by atoms with Gasteiger partial charge in [0.15, 0.2) is 10.0 Å². The van der Waals surface area contributed by atoms with E-state index in [0.29, 0.717) is 0 Å². The highest BCUT2D eigenvalue weighted by atomic mass is 32.3. The zero-order valence-corrected chi connectivity index (χ0v) is 14.6. The number of methoxy groups -OCH3 is 2. The molecular weight excluding hydrogens is 395 g/mol. The van der Waals surface area contributed by atoms with Crippen molar-refractivity contribution < 1.29 is 49.1 Å². The van der Waals surface area contributed by atoms with E-state index in [-0.39, 0.29) is 6.42 Å². The Labute approximate surface area is 142 Å². The molecule has 0 radical (unpaired) electrons. The summed E-state index contributed by atoms with van der Waals surface area (Å²) < 4.78 is 94.0. The van der Waals surface area contributed by atoms with E-state index in [4.69, 9.17) is 0 Å². The summed E-state index contributed by atoms with van der Waals surface area (Å²) in [5.41, 5.74) is -5.89. The molecule has 1 aliphatic rings. The van der Waals surface area contributed by atoms with Crippen molar-refractivity contribution in [3.8, 4) is 0 Å². The van der Waals surface area contributed by atoms with Crippen molar-refractivity contribution in [1.82, 2.24) is 0 Å². The number of carbonyl (C=O) groups is 2.